The van der Waals surface area contributed by atoms with E-state index in [0.29, 0.717) is 5.75 Å². The first-order chi connectivity index (χ1) is 8.66. The third-order valence-corrected chi connectivity index (χ3v) is 4.23. The average molecular weight is 313 g/mol. The second-order valence-electron chi connectivity index (χ2n) is 5.00. The molecule has 0 aliphatic carbocycles. The summed E-state index contributed by atoms with van der Waals surface area (Å²) in [5.74, 6) is 0.399. The van der Waals surface area contributed by atoms with E-state index in [4.69, 9.17) is 0 Å². The molecule has 0 aromatic heterocycles. The van der Waals surface area contributed by atoms with Gasteiger partial charge in [0.15, 0.2) is 0 Å². The van der Waals surface area contributed by atoms with E-state index in [1.807, 2.05) is 18.2 Å². The third-order valence-electron chi connectivity index (χ3n) is 3.59. The van der Waals surface area contributed by atoms with Crippen LogP contribution in [-0.2, 0) is 6.42 Å². The molecular formula is C14H21BrN2O. The Morgan fingerprint density at radius 1 is 1.22 bits per heavy atom. The summed E-state index contributed by atoms with van der Waals surface area (Å²) in [5.41, 5.74) is 1.04. The highest BCUT2D eigenvalue weighted by Gasteiger charge is 2.13. The SMILES string of the molecule is CN1CCN(CCCc2cccc(Br)c2O)CC1. The lowest BCUT2D eigenvalue weighted by atomic mass is 10.1. The van der Waals surface area contributed by atoms with Crippen LogP contribution in [0.25, 0.3) is 0 Å². The molecule has 0 amide bonds. The first-order valence-electron chi connectivity index (χ1n) is 6.54. The third kappa shape index (κ3) is 3.70. The highest BCUT2D eigenvalue weighted by Crippen LogP contribution is 2.28. The van der Waals surface area contributed by atoms with Crippen molar-refractivity contribution in [3.63, 3.8) is 0 Å². The maximum Gasteiger partial charge on any atom is 0.132 e. The van der Waals surface area contributed by atoms with Gasteiger partial charge in [-0.3, -0.25) is 0 Å². The van der Waals surface area contributed by atoms with E-state index in [2.05, 4.69) is 32.8 Å². The number of rotatable bonds is 4. The molecule has 1 fully saturated rings. The smallest absolute Gasteiger partial charge is 0.132 e. The van der Waals surface area contributed by atoms with Gasteiger partial charge in [-0.05, 0) is 54.0 Å². The largest absolute Gasteiger partial charge is 0.506 e. The summed E-state index contributed by atoms with van der Waals surface area (Å²) in [7, 11) is 2.18. The summed E-state index contributed by atoms with van der Waals surface area (Å²) in [6.07, 6.45) is 2.05. The van der Waals surface area contributed by atoms with Gasteiger partial charge < -0.3 is 14.9 Å². The fourth-order valence-corrected chi connectivity index (χ4v) is 2.73. The molecule has 1 aromatic carbocycles. The Morgan fingerprint density at radius 2 is 1.94 bits per heavy atom. The second kappa shape index (κ2) is 6.55. The van der Waals surface area contributed by atoms with Gasteiger partial charge in [0.05, 0.1) is 4.47 Å². The fourth-order valence-electron chi connectivity index (χ4n) is 2.33. The minimum Gasteiger partial charge on any atom is -0.506 e. The summed E-state index contributed by atoms with van der Waals surface area (Å²) >= 11 is 3.36. The van der Waals surface area contributed by atoms with Crippen molar-refractivity contribution in [1.29, 1.82) is 0 Å². The van der Waals surface area contributed by atoms with Gasteiger partial charge in [-0.15, -0.1) is 0 Å². The van der Waals surface area contributed by atoms with Crippen molar-refractivity contribution in [2.75, 3.05) is 39.8 Å². The van der Waals surface area contributed by atoms with Crippen LogP contribution in [0.5, 0.6) is 5.75 Å². The number of hydrogen-bond acceptors (Lipinski definition) is 3. The summed E-state index contributed by atoms with van der Waals surface area (Å²) in [5, 5.41) is 9.90. The zero-order valence-electron chi connectivity index (χ0n) is 10.9. The number of para-hydroxylation sites is 1. The summed E-state index contributed by atoms with van der Waals surface area (Å²) < 4.78 is 0.791. The zero-order chi connectivity index (χ0) is 13.0. The predicted molar refractivity (Wildman–Crippen MR) is 78.1 cm³/mol. The van der Waals surface area contributed by atoms with E-state index in [1.165, 1.54) is 26.2 Å². The van der Waals surface area contributed by atoms with Crippen molar-refractivity contribution >= 4 is 15.9 Å². The molecule has 18 heavy (non-hydrogen) atoms. The van der Waals surface area contributed by atoms with Crippen LogP contribution in [-0.4, -0.2) is 54.7 Å². The fraction of sp³-hybridized carbons (Fsp3) is 0.571. The Balaban J connectivity index is 1.77. The van der Waals surface area contributed by atoms with Crippen molar-refractivity contribution in [3.8, 4) is 5.75 Å². The normalized spacial score (nSPS) is 18.1. The number of benzene rings is 1. The van der Waals surface area contributed by atoms with Crippen LogP contribution < -0.4 is 0 Å². The lowest BCUT2D eigenvalue weighted by Crippen LogP contribution is -2.44. The molecule has 2 rings (SSSR count). The van der Waals surface area contributed by atoms with Gasteiger partial charge in [-0.25, -0.2) is 0 Å². The Labute approximate surface area is 118 Å². The number of hydrogen-bond donors (Lipinski definition) is 1. The van der Waals surface area contributed by atoms with Crippen LogP contribution in [0.15, 0.2) is 22.7 Å². The van der Waals surface area contributed by atoms with Crippen molar-refractivity contribution in [3.05, 3.63) is 28.2 Å². The molecule has 1 N–H and O–H groups in total. The highest BCUT2D eigenvalue weighted by molar-refractivity contribution is 9.10. The topological polar surface area (TPSA) is 26.7 Å². The lowest BCUT2D eigenvalue weighted by Gasteiger charge is -2.32. The van der Waals surface area contributed by atoms with Crippen molar-refractivity contribution in [2.24, 2.45) is 0 Å². The van der Waals surface area contributed by atoms with Crippen LogP contribution >= 0.6 is 15.9 Å². The van der Waals surface area contributed by atoms with Crippen LogP contribution in [0.2, 0.25) is 0 Å². The zero-order valence-corrected chi connectivity index (χ0v) is 12.5. The highest BCUT2D eigenvalue weighted by atomic mass is 79.9. The van der Waals surface area contributed by atoms with E-state index < -0.39 is 0 Å². The quantitative estimate of drug-likeness (QED) is 0.924. The minimum absolute atomic E-state index is 0.399. The average Bonchev–Trinajstić information content (AvgIpc) is 2.37. The van der Waals surface area contributed by atoms with Crippen molar-refractivity contribution in [2.45, 2.75) is 12.8 Å². The van der Waals surface area contributed by atoms with Crippen molar-refractivity contribution in [1.82, 2.24) is 9.80 Å². The van der Waals surface area contributed by atoms with Gasteiger partial charge >= 0.3 is 0 Å². The van der Waals surface area contributed by atoms with Crippen LogP contribution in [0, 0.1) is 0 Å². The lowest BCUT2D eigenvalue weighted by molar-refractivity contribution is 0.153. The number of likely N-dealkylation sites (N-methyl/N-ethyl adjacent to an activating group) is 1. The molecule has 1 aliphatic rings. The second-order valence-corrected chi connectivity index (χ2v) is 5.85. The molecule has 0 saturated carbocycles. The maximum absolute atomic E-state index is 9.90. The standard InChI is InChI=1S/C14H21BrN2O/c1-16-8-10-17(11-9-16)7-3-5-12-4-2-6-13(15)14(12)18/h2,4,6,18H,3,5,7-11H2,1H3. The van der Waals surface area contributed by atoms with E-state index >= 15 is 0 Å². The van der Waals surface area contributed by atoms with Crippen LogP contribution in [0.4, 0.5) is 0 Å². The van der Waals surface area contributed by atoms with E-state index in [9.17, 15) is 5.11 Å². The Morgan fingerprint density at radius 3 is 2.67 bits per heavy atom. The van der Waals surface area contributed by atoms with E-state index in [-0.39, 0.29) is 0 Å². The summed E-state index contributed by atoms with van der Waals surface area (Å²) in [6.45, 7) is 5.80. The maximum atomic E-state index is 9.90. The molecule has 0 spiro atoms. The molecule has 100 valence electrons. The molecule has 3 nitrogen and oxygen atoms in total. The molecule has 0 atom stereocenters. The number of halogens is 1. The minimum atomic E-state index is 0.399. The van der Waals surface area contributed by atoms with Gasteiger partial charge in [0, 0.05) is 26.2 Å². The molecule has 4 heteroatoms. The number of phenols is 1. The van der Waals surface area contributed by atoms with E-state index in [0.717, 1.165) is 29.4 Å². The predicted octanol–water partition coefficient (Wildman–Crippen LogP) is 2.33. The molecule has 1 saturated heterocycles. The first-order valence-corrected chi connectivity index (χ1v) is 7.33. The number of aryl methyl sites for hydroxylation is 1. The van der Waals surface area contributed by atoms with E-state index in [1.54, 1.807) is 0 Å². The number of piperazine rings is 1. The summed E-state index contributed by atoms with van der Waals surface area (Å²) in [4.78, 5) is 4.88. The summed E-state index contributed by atoms with van der Waals surface area (Å²) in [6, 6.07) is 5.86. The number of aromatic hydroxyl groups is 1. The molecule has 0 bridgehead atoms. The van der Waals surface area contributed by atoms with Gasteiger partial charge in [-0.2, -0.15) is 0 Å². The Kier molecular flexibility index (Phi) is 5.03. The van der Waals surface area contributed by atoms with Gasteiger partial charge in [0.25, 0.3) is 0 Å². The van der Waals surface area contributed by atoms with Crippen LogP contribution in [0.3, 0.4) is 0 Å². The molecule has 1 aliphatic heterocycles. The first kappa shape index (κ1) is 13.8. The molecule has 0 unspecified atom stereocenters. The molecular weight excluding hydrogens is 292 g/mol. The van der Waals surface area contributed by atoms with Gasteiger partial charge in [-0.1, -0.05) is 12.1 Å². The van der Waals surface area contributed by atoms with Gasteiger partial charge in [0.2, 0.25) is 0 Å². The van der Waals surface area contributed by atoms with Crippen molar-refractivity contribution < 1.29 is 5.11 Å². The Bertz CT molecular complexity index is 389. The molecule has 0 radical (unpaired) electrons. The molecule has 1 heterocycles. The number of phenolic OH excluding ortho intramolecular Hbond substituents is 1. The van der Waals surface area contributed by atoms with Crippen LogP contribution in [0.1, 0.15) is 12.0 Å². The number of nitrogens with zero attached hydrogens (tertiary/aromatic N) is 2. The molecule has 1 aromatic rings. The monoisotopic (exact) mass is 312 g/mol. The van der Waals surface area contributed by atoms with Gasteiger partial charge in [0.1, 0.15) is 5.75 Å². The Hall–Kier alpha value is -0.580.